The third-order valence-electron chi connectivity index (χ3n) is 4.44. The van der Waals surface area contributed by atoms with Crippen molar-refractivity contribution < 1.29 is 22.8 Å². The lowest BCUT2D eigenvalue weighted by molar-refractivity contribution is -0.384. The topological polar surface area (TPSA) is 134 Å². The third kappa shape index (κ3) is 4.93. The Balaban J connectivity index is 1.55. The molecule has 10 nitrogen and oxygen atoms in total. The van der Waals surface area contributed by atoms with Crippen LogP contribution >= 0.6 is 0 Å². The van der Waals surface area contributed by atoms with E-state index < -0.39 is 14.9 Å². The van der Waals surface area contributed by atoms with Crippen LogP contribution in [0.4, 0.5) is 5.69 Å². The highest BCUT2D eigenvalue weighted by molar-refractivity contribution is 7.89. The molecule has 0 unspecified atom stereocenters. The minimum atomic E-state index is -3.74. The molecule has 1 N–H and O–H groups in total. The van der Waals surface area contributed by atoms with E-state index in [1.807, 2.05) is 0 Å². The Morgan fingerprint density at radius 3 is 2.36 bits per heavy atom. The smallest absolute Gasteiger partial charge is 0.269 e. The minimum absolute atomic E-state index is 0.00290. The molecule has 28 heavy (non-hydrogen) atoms. The lowest BCUT2D eigenvalue weighted by Crippen LogP contribution is -2.39. The number of hydrogen-bond donors (Lipinski definition) is 1. The fraction of sp³-hybridized carbons (Fsp3) is 0.412. The van der Waals surface area contributed by atoms with Crippen LogP contribution in [0.25, 0.3) is 0 Å². The highest BCUT2D eigenvalue weighted by Gasteiger charge is 2.27. The summed E-state index contributed by atoms with van der Waals surface area (Å²) in [5.74, 6) is 0.733. The number of nitro benzene ring substituents is 1. The molecule has 150 valence electrons. The molecular weight excluding hydrogens is 388 g/mol. The van der Waals surface area contributed by atoms with Crippen LogP contribution in [0.2, 0.25) is 0 Å². The maximum Gasteiger partial charge on any atom is 0.269 e. The predicted octanol–water partition coefficient (Wildman–Crippen LogP) is 2.06. The number of nitrogens with one attached hydrogen (secondary N) is 1. The SMILES string of the molecule is COc1cncc(OC2CCC(NS(=O)(=O)c3ccc([N+](=O)[O-])cc3)CC2)n1. The van der Waals surface area contributed by atoms with Crippen molar-refractivity contribution >= 4 is 15.7 Å². The van der Waals surface area contributed by atoms with Gasteiger partial charge in [0.05, 0.1) is 29.3 Å². The van der Waals surface area contributed by atoms with E-state index in [0.29, 0.717) is 37.4 Å². The molecule has 1 aromatic carbocycles. The van der Waals surface area contributed by atoms with Crippen LogP contribution < -0.4 is 14.2 Å². The zero-order chi connectivity index (χ0) is 20.1. The first-order chi connectivity index (χ1) is 13.4. The Morgan fingerprint density at radius 1 is 1.11 bits per heavy atom. The molecule has 0 radical (unpaired) electrons. The van der Waals surface area contributed by atoms with Gasteiger partial charge in [-0.25, -0.2) is 13.1 Å². The molecule has 0 saturated heterocycles. The molecule has 0 atom stereocenters. The van der Waals surface area contributed by atoms with E-state index in [4.69, 9.17) is 9.47 Å². The van der Waals surface area contributed by atoms with Gasteiger partial charge in [0.2, 0.25) is 21.8 Å². The monoisotopic (exact) mass is 408 g/mol. The molecule has 0 amide bonds. The number of non-ortho nitro benzene ring substituents is 1. The van der Waals surface area contributed by atoms with E-state index in [1.54, 1.807) is 0 Å². The quantitative estimate of drug-likeness (QED) is 0.543. The molecule has 1 heterocycles. The Hall–Kier alpha value is -2.79. The van der Waals surface area contributed by atoms with Crippen LogP contribution in [-0.4, -0.2) is 42.6 Å². The van der Waals surface area contributed by atoms with Crippen molar-refractivity contribution in [3.8, 4) is 11.8 Å². The van der Waals surface area contributed by atoms with E-state index in [2.05, 4.69) is 14.7 Å². The van der Waals surface area contributed by atoms with Crippen molar-refractivity contribution in [2.75, 3.05) is 7.11 Å². The van der Waals surface area contributed by atoms with Crippen LogP contribution in [-0.2, 0) is 10.0 Å². The third-order valence-corrected chi connectivity index (χ3v) is 5.98. The maximum absolute atomic E-state index is 12.5. The number of nitro groups is 1. The molecule has 0 aliphatic heterocycles. The number of nitrogens with zero attached hydrogens (tertiary/aromatic N) is 3. The van der Waals surface area contributed by atoms with Gasteiger partial charge in [-0.15, -0.1) is 0 Å². The molecule has 1 saturated carbocycles. The van der Waals surface area contributed by atoms with Crippen LogP contribution in [0, 0.1) is 10.1 Å². The van der Waals surface area contributed by atoms with Crippen molar-refractivity contribution in [3.63, 3.8) is 0 Å². The molecule has 11 heteroatoms. The lowest BCUT2D eigenvalue weighted by Gasteiger charge is -2.29. The molecular formula is C17H20N4O6S. The highest BCUT2D eigenvalue weighted by atomic mass is 32.2. The number of methoxy groups -OCH3 is 1. The Bertz CT molecular complexity index is 927. The second-order valence-corrected chi connectivity index (χ2v) is 8.08. The number of hydrogen-bond acceptors (Lipinski definition) is 8. The average molecular weight is 408 g/mol. The van der Waals surface area contributed by atoms with Gasteiger partial charge in [-0.2, -0.15) is 4.98 Å². The van der Waals surface area contributed by atoms with Crippen LogP contribution in [0.1, 0.15) is 25.7 Å². The standard InChI is InChI=1S/C17H20N4O6S/c1-26-16-10-18-11-17(19-16)27-14-6-2-12(3-7-14)20-28(24,25)15-8-4-13(5-9-15)21(22)23/h4-5,8-12,14,20H,2-3,6-7H2,1H3. The zero-order valence-electron chi connectivity index (χ0n) is 15.1. The number of ether oxygens (including phenoxy) is 2. The maximum atomic E-state index is 12.5. The summed E-state index contributed by atoms with van der Waals surface area (Å²) in [7, 11) is -2.24. The first-order valence-corrected chi connectivity index (χ1v) is 10.1. The molecule has 1 aliphatic carbocycles. The predicted molar refractivity (Wildman–Crippen MR) is 98.7 cm³/mol. The summed E-state index contributed by atoms with van der Waals surface area (Å²) < 4.78 is 38.4. The summed E-state index contributed by atoms with van der Waals surface area (Å²) in [6.07, 6.45) is 5.44. The van der Waals surface area contributed by atoms with Gasteiger partial charge in [0.1, 0.15) is 6.10 Å². The fourth-order valence-corrected chi connectivity index (χ4v) is 4.30. The van der Waals surface area contributed by atoms with E-state index in [-0.39, 0.29) is 22.7 Å². The summed E-state index contributed by atoms with van der Waals surface area (Å²) in [5.41, 5.74) is -0.155. The molecule has 0 spiro atoms. The number of benzene rings is 1. The second kappa shape index (κ2) is 8.48. The number of aromatic nitrogens is 2. The van der Waals surface area contributed by atoms with Crippen molar-refractivity contribution in [3.05, 3.63) is 46.8 Å². The second-order valence-electron chi connectivity index (χ2n) is 6.36. The first kappa shape index (κ1) is 20.0. The Kier molecular flexibility index (Phi) is 6.05. The van der Waals surface area contributed by atoms with Crippen LogP contribution in [0.3, 0.4) is 0 Å². The van der Waals surface area contributed by atoms with Crippen LogP contribution in [0.5, 0.6) is 11.8 Å². The zero-order valence-corrected chi connectivity index (χ0v) is 16.0. The van der Waals surface area contributed by atoms with Gasteiger partial charge in [0.15, 0.2) is 0 Å². The summed E-state index contributed by atoms with van der Waals surface area (Å²) in [5, 5.41) is 10.7. The van der Waals surface area contributed by atoms with Gasteiger partial charge >= 0.3 is 0 Å². The molecule has 2 aromatic rings. The Morgan fingerprint density at radius 2 is 1.75 bits per heavy atom. The van der Waals surface area contributed by atoms with Gasteiger partial charge in [0.25, 0.3) is 5.69 Å². The van der Waals surface area contributed by atoms with E-state index in [1.165, 1.54) is 43.8 Å². The molecule has 1 aromatic heterocycles. The van der Waals surface area contributed by atoms with E-state index in [9.17, 15) is 18.5 Å². The minimum Gasteiger partial charge on any atom is -0.480 e. The summed E-state index contributed by atoms with van der Waals surface area (Å²) in [4.78, 5) is 18.3. The van der Waals surface area contributed by atoms with Gasteiger partial charge in [-0.05, 0) is 37.8 Å². The van der Waals surface area contributed by atoms with Gasteiger partial charge in [-0.1, -0.05) is 0 Å². The summed E-state index contributed by atoms with van der Waals surface area (Å²) >= 11 is 0. The van der Waals surface area contributed by atoms with Crippen molar-refractivity contribution in [2.45, 2.75) is 42.7 Å². The molecule has 0 bridgehead atoms. The van der Waals surface area contributed by atoms with Gasteiger partial charge in [-0.3, -0.25) is 15.1 Å². The average Bonchev–Trinajstić information content (AvgIpc) is 2.69. The van der Waals surface area contributed by atoms with E-state index >= 15 is 0 Å². The normalized spacial score (nSPS) is 19.8. The lowest BCUT2D eigenvalue weighted by atomic mass is 9.94. The van der Waals surface area contributed by atoms with Gasteiger partial charge in [0, 0.05) is 18.2 Å². The summed E-state index contributed by atoms with van der Waals surface area (Å²) in [6, 6.07) is 4.59. The van der Waals surface area contributed by atoms with Crippen LogP contribution in [0.15, 0.2) is 41.6 Å². The molecule has 1 fully saturated rings. The van der Waals surface area contributed by atoms with Crippen molar-refractivity contribution in [1.29, 1.82) is 0 Å². The van der Waals surface area contributed by atoms with E-state index in [0.717, 1.165) is 0 Å². The number of sulfonamides is 1. The highest BCUT2D eigenvalue weighted by Crippen LogP contribution is 2.25. The van der Waals surface area contributed by atoms with Crippen molar-refractivity contribution in [2.24, 2.45) is 0 Å². The van der Waals surface area contributed by atoms with Crippen molar-refractivity contribution in [1.82, 2.24) is 14.7 Å². The molecule has 1 aliphatic rings. The fourth-order valence-electron chi connectivity index (χ4n) is 2.99. The first-order valence-electron chi connectivity index (χ1n) is 8.67. The largest absolute Gasteiger partial charge is 0.480 e. The molecule has 3 rings (SSSR count). The number of rotatable bonds is 7. The van der Waals surface area contributed by atoms with Gasteiger partial charge < -0.3 is 9.47 Å². The Labute approximate surface area is 162 Å². The summed E-state index contributed by atoms with van der Waals surface area (Å²) in [6.45, 7) is 0.